The van der Waals surface area contributed by atoms with Crippen LogP contribution in [0.2, 0.25) is 0 Å². The molecule has 0 aromatic heterocycles. The Morgan fingerprint density at radius 1 is 0.900 bits per heavy atom. The predicted molar refractivity (Wildman–Crippen MR) is 86.4 cm³/mol. The summed E-state index contributed by atoms with van der Waals surface area (Å²) in [5.74, 6) is 0. The van der Waals surface area contributed by atoms with Crippen LogP contribution in [0.1, 0.15) is 12.0 Å². The summed E-state index contributed by atoms with van der Waals surface area (Å²) in [6, 6.07) is 19.7. The van der Waals surface area contributed by atoms with Gasteiger partial charge in [0.25, 0.3) is 0 Å². The van der Waals surface area contributed by atoms with Crippen molar-refractivity contribution >= 4 is 11.4 Å². The van der Waals surface area contributed by atoms with E-state index in [-0.39, 0.29) is 0 Å². The van der Waals surface area contributed by atoms with Gasteiger partial charge in [-0.15, -0.1) is 0 Å². The highest BCUT2D eigenvalue weighted by Crippen LogP contribution is 2.31. The number of allylic oxidation sites excluding steroid dienone is 2. The van der Waals surface area contributed by atoms with Crippen LogP contribution in [0.25, 0.3) is 0 Å². The Bertz CT molecular complexity index is 625. The number of aryl methyl sites for hydroxylation is 1. The van der Waals surface area contributed by atoms with Crippen molar-refractivity contribution in [1.29, 1.82) is 0 Å². The maximum Gasteiger partial charge on any atom is 0.0559 e. The standard InChI is InChI=1S/C19H19N/c1-16-9-8-14-19(15-16)20(17-10-4-2-5-11-17)18-12-6-3-7-13-18/h2-12,14-15,18H,13H2,1H3. The van der Waals surface area contributed by atoms with Gasteiger partial charge in [0, 0.05) is 11.4 Å². The monoisotopic (exact) mass is 261 g/mol. The van der Waals surface area contributed by atoms with Crippen molar-refractivity contribution in [2.24, 2.45) is 0 Å². The molecule has 0 N–H and O–H groups in total. The Morgan fingerprint density at radius 3 is 2.40 bits per heavy atom. The van der Waals surface area contributed by atoms with E-state index in [2.05, 4.69) is 90.7 Å². The van der Waals surface area contributed by atoms with Crippen LogP contribution < -0.4 is 4.90 Å². The van der Waals surface area contributed by atoms with E-state index in [9.17, 15) is 0 Å². The van der Waals surface area contributed by atoms with Gasteiger partial charge in [-0.3, -0.25) is 0 Å². The minimum Gasteiger partial charge on any atom is -0.334 e. The fraction of sp³-hybridized carbons (Fsp3) is 0.158. The Labute approximate surface area is 120 Å². The first kappa shape index (κ1) is 12.7. The Balaban J connectivity index is 2.04. The fourth-order valence-electron chi connectivity index (χ4n) is 2.66. The molecule has 1 aliphatic carbocycles. The molecule has 2 aromatic rings. The van der Waals surface area contributed by atoms with E-state index >= 15 is 0 Å². The van der Waals surface area contributed by atoms with Crippen LogP contribution in [0.3, 0.4) is 0 Å². The highest BCUT2D eigenvalue weighted by Gasteiger charge is 2.18. The zero-order valence-electron chi connectivity index (χ0n) is 11.7. The molecule has 20 heavy (non-hydrogen) atoms. The van der Waals surface area contributed by atoms with Gasteiger partial charge in [-0.25, -0.2) is 0 Å². The molecule has 0 radical (unpaired) electrons. The van der Waals surface area contributed by atoms with Crippen LogP contribution in [0.4, 0.5) is 11.4 Å². The topological polar surface area (TPSA) is 3.24 Å². The molecular formula is C19H19N. The van der Waals surface area contributed by atoms with Crippen molar-refractivity contribution in [1.82, 2.24) is 0 Å². The molecule has 1 unspecified atom stereocenters. The molecule has 100 valence electrons. The van der Waals surface area contributed by atoms with E-state index in [0.717, 1.165) is 6.42 Å². The van der Waals surface area contributed by atoms with Crippen molar-refractivity contribution < 1.29 is 0 Å². The summed E-state index contributed by atoms with van der Waals surface area (Å²) in [5.41, 5.74) is 3.78. The number of anilines is 2. The lowest BCUT2D eigenvalue weighted by Crippen LogP contribution is -2.29. The molecule has 1 nitrogen and oxygen atoms in total. The summed E-state index contributed by atoms with van der Waals surface area (Å²) in [6.07, 6.45) is 9.81. The zero-order chi connectivity index (χ0) is 13.8. The van der Waals surface area contributed by atoms with Crippen LogP contribution >= 0.6 is 0 Å². The quantitative estimate of drug-likeness (QED) is 0.750. The molecular weight excluding hydrogens is 242 g/mol. The van der Waals surface area contributed by atoms with E-state index in [0.29, 0.717) is 6.04 Å². The van der Waals surface area contributed by atoms with Gasteiger partial charge in [-0.2, -0.15) is 0 Å². The summed E-state index contributed by atoms with van der Waals surface area (Å²) in [4.78, 5) is 2.41. The van der Waals surface area contributed by atoms with Crippen LogP contribution in [0.5, 0.6) is 0 Å². The molecule has 1 heteroatoms. The zero-order valence-corrected chi connectivity index (χ0v) is 11.7. The van der Waals surface area contributed by atoms with Crippen molar-refractivity contribution in [2.45, 2.75) is 19.4 Å². The lowest BCUT2D eigenvalue weighted by Gasteiger charge is -2.32. The molecule has 1 aliphatic rings. The highest BCUT2D eigenvalue weighted by molar-refractivity contribution is 5.65. The molecule has 2 aromatic carbocycles. The van der Waals surface area contributed by atoms with Gasteiger partial charge in [-0.05, 0) is 43.2 Å². The Kier molecular flexibility index (Phi) is 3.69. The average molecular weight is 261 g/mol. The number of rotatable bonds is 3. The molecule has 0 amide bonds. The third kappa shape index (κ3) is 2.67. The van der Waals surface area contributed by atoms with Crippen molar-refractivity contribution in [3.05, 3.63) is 84.5 Å². The van der Waals surface area contributed by atoms with Gasteiger partial charge < -0.3 is 4.90 Å². The van der Waals surface area contributed by atoms with Gasteiger partial charge in [0.15, 0.2) is 0 Å². The first-order valence-electron chi connectivity index (χ1n) is 7.09. The molecule has 0 saturated heterocycles. The normalized spacial score (nSPS) is 17.1. The SMILES string of the molecule is Cc1cccc(N(c2ccccc2)C2C=CC=CC2)c1. The third-order valence-electron chi connectivity index (χ3n) is 3.60. The van der Waals surface area contributed by atoms with Gasteiger partial charge >= 0.3 is 0 Å². The van der Waals surface area contributed by atoms with Crippen LogP contribution in [0, 0.1) is 6.92 Å². The summed E-state index contributed by atoms with van der Waals surface area (Å²) in [6.45, 7) is 2.14. The van der Waals surface area contributed by atoms with Gasteiger partial charge in [0.1, 0.15) is 0 Å². The van der Waals surface area contributed by atoms with Crippen molar-refractivity contribution in [2.75, 3.05) is 4.90 Å². The summed E-state index contributed by atoms with van der Waals surface area (Å²) < 4.78 is 0. The fourth-order valence-corrected chi connectivity index (χ4v) is 2.66. The molecule has 0 heterocycles. The maximum absolute atomic E-state index is 2.41. The highest BCUT2D eigenvalue weighted by atomic mass is 15.2. The first-order valence-corrected chi connectivity index (χ1v) is 7.09. The summed E-state index contributed by atoms with van der Waals surface area (Å²) in [5, 5.41) is 0. The minimum absolute atomic E-state index is 0.379. The second-order valence-electron chi connectivity index (χ2n) is 5.16. The van der Waals surface area contributed by atoms with E-state index in [4.69, 9.17) is 0 Å². The molecule has 1 atom stereocenters. The number of hydrogen-bond acceptors (Lipinski definition) is 1. The Morgan fingerprint density at radius 2 is 1.70 bits per heavy atom. The summed E-state index contributed by atoms with van der Waals surface area (Å²) >= 11 is 0. The summed E-state index contributed by atoms with van der Waals surface area (Å²) in [7, 11) is 0. The number of hydrogen-bond donors (Lipinski definition) is 0. The lowest BCUT2D eigenvalue weighted by atomic mass is 10.0. The number of para-hydroxylation sites is 1. The molecule has 0 bridgehead atoms. The van der Waals surface area contributed by atoms with Crippen LogP contribution in [-0.4, -0.2) is 6.04 Å². The second kappa shape index (κ2) is 5.79. The second-order valence-corrected chi connectivity index (χ2v) is 5.16. The van der Waals surface area contributed by atoms with E-state index in [1.165, 1.54) is 16.9 Å². The Hall–Kier alpha value is -2.28. The molecule has 0 aliphatic heterocycles. The molecule has 0 fully saturated rings. The van der Waals surface area contributed by atoms with Crippen LogP contribution in [0.15, 0.2) is 78.9 Å². The number of benzene rings is 2. The number of nitrogens with zero attached hydrogens (tertiary/aromatic N) is 1. The molecule has 0 saturated carbocycles. The minimum atomic E-state index is 0.379. The largest absolute Gasteiger partial charge is 0.334 e. The van der Waals surface area contributed by atoms with Gasteiger partial charge in [-0.1, -0.05) is 54.6 Å². The van der Waals surface area contributed by atoms with Gasteiger partial charge in [0.2, 0.25) is 0 Å². The lowest BCUT2D eigenvalue weighted by molar-refractivity contribution is 0.785. The smallest absolute Gasteiger partial charge is 0.0559 e. The van der Waals surface area contributed by atoms with Crippen LogP contribution in [-0.2, 0) is 0 Å². The van der Waals surface area contributed by atoms with E-state index < -0.39 is 0 Å². The van der Waals surface area contributed by atoms with Gasteiger partial charge in [0.05, 0.1) is 6.04 Å². The predicted octanol–water partition coefficient (Wildman–Crippen LogP) is 5.02. The molecule has 0 spiro atoms. The first-order chi connectivity index (χ1) is 9.84. The van der Waals surface area contributed by atoms with E-state index in [1.807, 2.05) is 0 Å². The molecule has 3 rings (SSSR count). The van der Waals surface area contributed by atoms with Crippen molar-refractivity contribution in [3.63, 3.8) is 0 Å². The maximum atomic E-state index is 2.41. The van der Waals surface area contributed by atoms with Crippen molar-refractivity contribution in [3.8, 4) is 0 Å². The third-order valence-corrected chi connectivity index (χ3v) is 3.60. The average Bonchev–Trinajstić information content (AvgIpc) is 2.50. The van der Waals surface area contributed by atoms with E-state index in [1.54, 1.807) is 0 Å².